The number of aryl methyl sites for hydroxylation is 1. The van der Waals surface area contributed by atoms with Crippen molar-refractivity contribution in [2.24, 2.45) is 0 Å². The lowest BCUT2D eigenvalue weighted by Gasteiger charge is -2.06. The van der Waals surface area contributed by atoms with E-state index < -0.39 is 10.0 Å². The highest BCUT2D eigenvalue weighted by atomic mass is 35.5. The van der Waals surface area contributed by atoms with E-state index in [9.17, 15) is 8.42 Å². The molecule has 0 saturated carbocycles. The first-order chi connectivity index (χ1) is 6.51. The predicted octanol–water partition coefficient (Wildman–Crippen LogP) is 1.81. The number of nitrogens with one attached hydrogen (secondary N) is 1. The first kappa shape index (κ1) is 11.5. The molecule has 0 aliphatic heterocycles. The fourth-order valence-electron chi connectivity index (χ4n) is 1.08. The summed E-state index contributed by atoms with van der Waals surface area (Å²) in [6, 6.07) is 5.01. The van der Waals surface area contributed by atoms with Crippen LogP contribution in [0.3, 0.4) is 0 Å². The summed E-state index contributed by atoms with van der Waals surface area (Å²) in [5, 5.41) is 0.247. The quantitative estimate of drug-likeness (QED) is 0.866. The summed E-state index contributed by atoms with van der Waals surface area (Å²) < 4.78 is 25.2. The van der Waals surface area contributed by atoms with E-state index in [4.69, 9.17) is 11.6 Å². The largest absolute Gasteiger partial charge is 0.241 e. The minimum Gasteiger partial charge on any atom is -0.214 e. The van der Waals surface area contributed by atoms with Gasteiger partial charge in [0.05, 0.1) is 5.02 Å². The summed E-state index contributed by atoms with van der Waals surface area (Å²) in [7, 11) is -2.08. The lowest BCUT2D eigenvalue weighted by Crippen LogP contribution is -2.19. The molecule has 0 spiro atoms. The second-order valence-electron chi connectivity index (χ2n) is 2.83. The Morgan fingerprint density at radius 2 is 2.07 bits per heavy atom. The van der Waals surface area contributed by atoms with Gasteiger partial charge in [0.2, 0.25) is 10.0 Å². The highest BCUT2D eigenvalue weighted by molar-refractivity contribution is 7.89. The Kier molecular flexibility index (Phi) is 3.53. The second kappa shape index (κ2) is 4.29. The lowest BCUT2D eigenvalue weighted by atomic mass is 10.2. The molecule has 1 aromatic rings. The molecule has 0 fully saturated rings. The normalized spacial score (nSPS) is 11.6. The van der Waals surface area contributed by atoms with Gasteiger partial charge in [0.25, 0.3) is 0 Å². The van der Waals surface area contributed by atoms with E-state index in [1.54, 1.807) is 12.1 Å². The fourth-order valence-corrected chi connectivity index (χ4v) is 2.36. The van der Waals surface area contributed by atoms with E-state index in [1.807, 2.05) is 13.0 Å². The maximum atomic E-state index is 11.5. The van der Waals surface area contributed by atoms with Gasteiger partial charge in [-0.25, -0.2) is 13.1 Å². The van der Waals surface area contributed by atoms with Crippen molar-refractivity contribution >= 4 is 21.6 Å². The molecule has 0 saturated heterocycles. The Morgan fingerprint density at radius 3 is 2.57 bits per heavy atom. The average Bonchev–Trinajstić information content (AvgIpc) is 2.18. The molecule has 0 bridgehead atoms. The monoisotopic (exact) mass is 233 g/mol. The number of halogens is 1. The molecule has 0 unspecified atom stereocenters. The van der Waals surface area contributed by atoms with Gasteiger partial charge in [0, 0.05) is 0 Å². The van der Waals surface area contributed by atoms with Crippen LogP contribution < -0.4 is 4.72 Å². The van der Waals surface area contributed by atoms with Gasteiger partial charge in [-0.05, 0) is 31.2 Å². The molecule has 0 aromatic heterocycles. The summed E-state index contributed by atoms with van der Waals surface area (Å²) in [5.41, 5.74) is 0.947. The lowest BCUT2D eigenvalue weighted by molar-refractivity contribution is 0.588. The molecule has 14 heavy (non-hydrogen) atoms. The van der Waals surface area contributed by atoms with Crippen LogP contribution >= 0.6 is 11.6 Å². The maximum Gasteiger partial charge on any atom is 0.241 e. The van der Waals surface area contributed by atoms with Gasteiger partial charge < -0.3 is 0 Å². The van der Waals surface area contributed by atoms with Crippen LogP contribution in [0, 0.1) is 0 Å². The van der Waals surface area contributed by atoms with Crippen LogP contribution in [0.1, 0.15) is 12.5 Å². The van der Waals surface area contributed by atoms with Crippen LogP contribution in [0.2, 0.25) is 5.02 Å². The summed E-state index contributed by atoms with van der Waals surface area (Å²) in [6.07, 6.45) is 0.781. The van der Waals surface area contributed by atoms with Gasteiger partial charge in [0.15, 0.2) is 0 Å². The Bertz CT molecular complexity index is 428. The standard InChI is InChI=1S/C9H12ClNO2S/c1-3-7-4-5-8(10)9(6-7)14(12,13)11-2/h4-6,11H,3H2,1-2H3. The number of benzene rings is 1. The van der Waals surface area contributed by atoms with Crippen LogP contribution in [-0.4, -0.2) is 15.5 Å². The van der Waals surface area contributed by atoms with E-state index in [-0.39, 0.29) is 9.92 Å². The molecule has 1 rings (SSSR count). The molecule has 0 atom stereocenters. The zero-order valence-electron chi connectivity index (χ0n) is 8.04. The van der Waals surface area contributed by atoms with Crippen LogP contribution in [-0.2, 0) is 16.4 Å². The van der Waals surface area contributed by atoms with Gasteiger partial charge in [-0.3, -0.25) is 0 Å². The number of rotatable bonds is 3. The molecule has 0 heterocycles. The van der Waals surface area contributed by atoms with Crippen LogP contribution in [0.15, 0.2) is 23.1 Å². The Hall–Kier alpha value is -0.580. The summed E-state index contributed by atoms with van der Waals surface area (Å²) in [4.78, 5) is 0.140. The van der Waals surface area contributed by atoms with Crippen molar-refractivity contribution in [3.05, 3.63) is 28.8 Å². The predicted molar refractivity (Wildman–Crippen MR) is 57.1 cm³/mol. The van der Waals surface area contributed by atoms with Crippen molar-refractivity contribution in [1.82, 2.24) is 4.72 Å². The van der Waals surface area contributed by atoms with Gasteiger partial charge in [-0.2, -0.15) is 0 Å². The molecule has 3 nitrogen and oxygen atoms in total. The topological polar surface area (TPSA) is 46.2 Å². The van der Waals surface area contributed by atoms with Gasteiger partial charge in [0.1, 0.15) is 4.90 Å². The Morgan fingerprint density at radius 1 is 1.43 bits per heavy atom. The average molecular weight is 234 g/mol. The number of sulfonamides is 1. The highest BCUT2D eigenvalue weighted by Crippen LogP contribution is 2.22. The van der Waals surface area contributed by atoms with E-state index in [0.717, 1.165) is 12.0 Å². The molecular formula is C9H12ClNO2S. The number of hydrogen-bond donors (Lipinski definition) is 1. The minimum atomic E-state index is -3.44. The molecule has 0 aliphatic carbocycles. The Balaban J connectivity index is 3.33. The Labute approximate surface area is 89.1 Å². The third-order valence-electron chi connectivity index (χ3n) is 1.96. The summed E-state index contributed by atoms with van der Waals surface area (Å²) in [6.45, 7) is 1.96. The third-order valence-corrected chi connectivity index (χ3v) is 3.86. The molecule has 0 amide bonds. The zero-order chi connectivity index (χ0) is 10.8. The molecule has 1 aromatic carbocycles. The SMILES string of the molecule is CCc1ccc(Cl)c(S(=O)(=O)NC)c1. The zero-order valence-corrected chi connectivity index (χ0v) is 9.61. The van der Waals surface area contributed by atoms with Crippen molar-refractivity contribution < 1.29 is 8.42 Å². The maximum absolute atomic E-state index is 11.5. The van der Waals surface area contributed by atoms with Gasteiger partial charge in [-0.1, -0.05) is 24.6 Å². The van der Waals surface area contributed by atoms with Crippen molar-refractivity contribution in [1.29, 1.82) is 0 Å². The molecule has 78 valence electrons. The first-order valence-electron chi connectivity index (χ1n) is 4.23. The van der Waals surface area contributed by atoms with E-state index in [1.165, 1.54) is 7.05 Å². The first-order valence-corrected chi connectivity index (χ1v) is 6.09. The van der Waals surface area contributed by atoms with Crippen molar-refractivity contribution in [2.75, 3.05) is 7.05 Å². The van der Waals surface area contributed by atoms with Crippen molar-refractivity contribution in [3.8, 4) is 0 Å². The summed E-state index contributed by atoms with van der Waals surface area (Å²) in [5.74, 6) is 0. The van der Waals surface area contributed by atoms with Gasteiger partial charge >= 0.3 is 0 Å². The molecule has 5 heteroatoms. The van der Waals surface area contributed by atoms with E-state index in [2.05, 4.69) is 4.72 Å². The van der Waals surface area contributed by atoms with Crippen molar-refractivity contribution in [2.45, 2.75) is 18.2 Å². The van der Waals surface area contributed by atoms with Crippen LogP contribution in [0.25, 0.3) is 0 Å². The number of hydrogen-bond acceptors (Lipinski definition) is 2. The molecule has 1 N–H and O–H groups in total. The molecular weight excluding hydrogens is 222 g/mol. The minimum absolute atomic E-state index is 0.140. The molecule has 0 radical (unpaired) electrons. The van der Waals surface area contributed by atoms with Crippen LogP contribution in [0.5, 0.6) is 0 Å². The van der Waals surface area contributed by atoms with Crippen LogP contribution in [0.4, 0.5) is 0 Å². The van der Waals surface area contributed by atoms with Crippen molar-refractivity contribution in [3.63, 3.8) is 0 Å². The van der Waals surface area contributed by atoms with E-state index >= 15 is 0 Å². The second-order valence-corrected chi connectivity index (χ2v) is 5.09. The third kappa shape index (κ3) is 2.26. The summed E-state index contributed by atoms with van der Waals surface area (Å²) >= 11 is 5.80. The van der Waals surface area contributed by atoms with Gasteiger partial charge in [-0.15, -0.1) is 0 Å². The smallest absolute Gasteiger partial charge is 0.214 e. The molecule has 0 aliphatic rings. The van der Waals surface area contributed by atoms with E-state index in [0.29, 0.717) is 0 Å². The fraction of sp³-hybridized carbons (Fsp3) is 0.333. The highest BCUT2D eigenvalue weighted by Gasteiger charge is 2.15.